The van der Waals surface area contributed by atoms with Crippen LogP contribution >= 0.6 is 12.4 Å². The van der Waals surface area contributed by atoms with Crippen LogP contribution in [0.4, 0.5) is 4.79 Å². The lowest BCUT2D eigenvalue weighted by atomic mass is 9.93. The number of hydrogen-bond acceptors (Lipinski definition) is 4. The summed E-state index contributed by atoms with van der Waals surface area (Å²) in [6.45, 7) is 4.11. The molecule has 1 spiro atoms. The molecule has 1 aliphatic carbocycles. The Bertz CT molecular complexity index is 543. The number of imide groups is 1. The molecule has 3 fully saturated rings. The molecule has 2 N–H and O–H groups in total. The number of halogens is 1. The molecule has 2 saturated heterocycles. The number of nitrogens with zero attached hydrogens (tertiary/aromatic N) is 2. The van der Waals surface area contributed by atoms with Crippen LogP contribution in [-0.2, 0) is 9.59 Å². The number of piperidine rings is 1. The zero-order chi connectivity index (χ0) is 18.0. The molecule has 0 aromatic heterocycles. The summed E-state index contributed by atoms with van der Waals surface area (Å²) in [4.78, 5) is 41.0. The molecule has 4 amide bonds. The first-order valence-corrected chi connectivity index (χ1v) is 9.58. The maximum absolute atomic E-state index is 12.8. The van der Waals surface area contributed by atoms with E-state index in [4.69, 9.17) is 0 Å². The van der Waals surface area contributed by atoms with Crippen LogP contribution < -0.4 is 10.6 Å². The lowest BCUT2D eigenvalue weighted by Gasteiger charge is -2.35. The molecule has 26 heavy (non-hydrogen) atoms. The third-order valence-corrected chi connectivity index (χ3v) is 6.12. The molecular weight excluding hydrogens is 356 g/mol. The van der Waals surface area contributed by atoms with E-state index in [1.165, 1.54) is 4.90 Å². The summed E-state index contributed by atoms with van der Waals surface area (Å²) in [6.07, 6.45) is 6.38. The van der Waals surface area contributed by atoms with E-state index in [0.717, 1.165) is 38.6 Å². The quantitative estimate of drug-likeness (QED) is 0.702. The maximum Gasteiger partial charge on any atom is 0.325 e. The van der Waals surface area contributed by atoms with E-state index in [0.29, 0.717) is 31.8 Å². The van der Waals surface area contributed by atoms with Crippen molar-refractivity contribution in [2.45, 2.75) is 63.5 Å². The van der Waals surface area contributed by atoms with Gasteiger partial charge >= 0.3 is 6.03 Å². The van der Waals surface area contributed by atoms with Gasteiger partial charge in [-0.2, -0.15) is 0 Å². The first-order valence-electron chi connectivity index (χ1n) is 9.58. The lowest BCUT2D eigenvalue weighted by Crippen LogP contribution is -2.52. The summed E-state index contributed by atoms with van der Waals surface area (Å²) in [6, 6.07) is -1.13. The van der Waals surface area contributed by atoms with Crippen LogP contribution in [0.15, 0.2) is 0 Å². The Kier molecular flexibility index (Phi) is 6.91. The van der Waals surface area contributed by atoms with Crippen LogP contribution in [0, 0.1) is 5.92 Å². The Hall–Kier alpha value is -1.34. The summed E-state index contributed by atoms with van der Waals surface area (Å²) in [5.74, 6) is 0.329. The molecule has 3 aliphatic rings. The van der Waals surface area contributed by atoms with Gasteiger partial charge in [0.25, 0.3) is 5.91 Å². The molecule has 8 heteroatoms. The fraction of sp³-hybridized carbons (Fsp3) is 0.833. The van der Waals surface area contributed by atoms with Gasteiger partial charge in [-0.25, -0.2) is 9.69 Å². The topological polar surface area (TPSA) is 81.8 Å². The predicted molar refractivity (Wildman–Crippen MR) is 101 cm³/mol. The highest BCUT2D eigenvalue weighted by Crippen LogP contribution is 2.36. The van der Waals surface area contributed by atoms with Gasteiger partial charge in [-0.15, -0.1) is 12.4 Å². The minimum atomic E-state index is -0.744. The van der Waals surface area contributed by atoms with Crippen molar-refractivity contribution in [2.75, 3.05) is 26.7 Å². The highest BCUT2D eigenvalue weighted by molar-refractivity contribution is 6.09. The molecule has 1 unspecified atom stereocenters. The molecule has 2 aliphatic heterocycles. The zero-order valence-electron chi connectivity index (χ0n) is 15.8. The number of likely N-dealkylation sites (tertiary alicyclic amines) is 1. The van der Waals surface area contributed by atoms with Crippen LogP contribution in [0.1, 0.15) is 51.9 Å². The second-order valence-electron chi connectivity index (χ2n) is 7.73. The predicted octanol–water partition coefficient (Wildman–Crippen LogP) is 1.51. The molecule has 7 nitrogen and oxygen atoms in total. The van der Waals surface area contributed by atoms with Gasteiger partial charge in [0, 0.05) is 13.1 Å². The van der Waals surface area contributed by atoms with E-state index >= 15 is 0 Å². The average molecular weight is 387 g/mol. The SMILES string of the molecule is CNCCC1CCN(C(=O)C(C)N2C(=O)NC3(CCCC3)C2=O)CC1.Cl. The molecule has 1 saturated carbocycles. The largest absolute Gasteiger partial charge is 0.341 e. The second kappa shape index (κ2) is 8.57. The van der Waals surface area contributed by atoms with Crippen molar-refractivity contribution in [3.63, 3.8) is 0 Å². The van der Waals surface area contributed by atoms with E-state index in [9.17, 15) is 14.4 Å². The fourth-order valence-corrected chi connectivity index (χ4v) is 4.48. The average Bonchev–Trinajstić information content (AvgIpc) is 3.18. The van der Waals surface area contributed by atoms with Crippen LogP contribution in [0.5, 0.6) is 0 Å². The van der Waals surface area contributed by atoms with Gasteiger partial charge in [-0.1, -0.05) is 12.8 Å². The number of carbonyl (C=O) groups is 3. The first-order chi connectivity index (χ1) is 12.0. The van der Waals surface area contributed by atoms with Crippen LogP contribution in [0.25, 0.3) is 0 Å². The maximum atomic E-state index is 12.8. The minimum absolute atomic E-state index is 0. The van der Waals surface area contributed by atoms with Gasteiger partial charge in [-0.05, 0) is 58.5 Å². The summed E-state index contributed by atoms with van der Waals surface area (Å²) < 4.78 is 0. The van der Waals surface area contributed by atoms with Gasteiger partial charge in [0.15, 0.2) is 0 Å². The summed E-state index contributed by atoms with van der Waals surface area (Å²) >= 11 is 0. The van der Waals surface area contributed by atoms with Crippen molar-refractivity contribution in [1.29, 1.82) is 0 Å². The Labute approximate surface area is 161 Å². The Balaban J connectivity index is 0.00000243. The number of urea groups is 1. The molecule has 148 valence electrons. The van der Waals surface area contributed by atoms with Crippen LogP contribution in [0.3, 0.4) is 0 Å². The van der Waals surface area contributed by atoms with E-state index in [-0.39, 0.29) is 24.2 Å². The molecular formula is C18H31ClN4O3. The highest BCUT2D eigenvalue weighted by Gasteiger charge is 2.54. The molecule has 0 aromatic carbocycles. The van der Waals surface area contributed by atoms with Crippen molar-refractivity contribution < 1.29 is 14.4 Å². The summed E-state index contributed by atoms with van der Waals surface area (Å²) in [5.41, 5.74) is -0.744. The van der Waals surface area contributed by atoms with E-state index in [1.807, 2.05) is 11.9 Å². The smallest absolute Gasteiger partial charge is 0.325 e. The van der Waals surface area contributed by atoms with Crippen molar-refractivity contribution in [1.82, 2.24) is 20.4 Å². The molecule has 0 radical (unpaired) electrons. The number of amides is 4. The van der Waals surface area contributed by atoms with Gasteiger partial charge in [0.2, 0.25) is 5.91 Å². The van der Waals surface area contributed by atoms with Crippen LogP contribution in [0.2, 0.25) is 0 Å². The second-order valence-corrected chi connectivity index (χ2v) is 7.73. The third-order valence-electron chi connectivity index (χ3n) is 6.12. The van der Waals surface area contributed by atoms with Crippen molar-refractivity contribution >= 4 is 30.3 Å². The van der Waals surface area contributed by atoms with Crippen molar-refractivity contribution in [3.05, 3.63) is 0 Å². The molecule has 3 rings (SSSR count). The van der Waals surface area contributed by atoms with Gasteiger partial charge in [-0.3, -0.25) is 9.59 Å². The standard InChI is InChI=1S/C18H30N4O3.ClH/c1-13(15(23)21-11-6-14(7-12-21)5-10-19-2)22-16(24)18(20-17(22)25)8-3-4-9-18;/h13-14,19H,3-12H2,1-2H3,(H,20,25);1H. The van der Waals surface area contributed by atoms with E-state index < -0.39 is 17.6 Å². The lowest BCUT2D eigenvalue weighted by molar-refractivity contribution is -0.143. The fourth-order valence-electron chi connectivity index (χ4n) is 4.48. The molecule has 0 aromatic rings. The molecule has 1 atom stereocenters. The minimum Gasteiger partial charge on any atom is -0.341 e. The number of nitrogens with one attached hydrogen (secondary N) is 2. The monoisotopic (exact) mass is 386 g/mol. The van der Waals surface area contributed by atoms with Gasteiger partial charge in [0.05, 0.1) is 0 Å². The first kappa shape index (κ1) is 21.0. The van der Waals surface area contributed by atoms with E-state index in [2.05, 4.69) is 10.6 Å². The zero-order valence-corrected chi connectivity index (χ0v) is 16.6. The Morgan fingerprint density at radius 1 is 1.27 bits per heavy atom. The normalized spacial score (nSPS) is 23.9. The Morgan fingerprint density at radius 3 is 2.46 bits per heavy atom. The summed E-state index contributed by atoms with van der Waals surface area (Å²) in [7, 11) is 1.95. The molecule has 0 bridgehead atoms. The number of hydrogen-bond donors (Lipinski definition) is 2. The van der Waals surface area contributed by atoms with Gasteiger partial charge in [0.1, 0.15) is 11.6 Å². The van der Waals surface area contributed by atoms with Crippen molar-refractivity contribution in [2.24, 2.45) is 5.92 Å². The Morgan fingerprint density at radius 2 is 1.88 bits per heavy atom. The van der Waals surface area contributed by atoms with Crippen molar-refractivity contribution in [3.8, 4) is 0 Å². The highest BCUT2D eigenvalue weighted by atomic mass is 35.5. The number of rotatable bonds is 5. The number of carbonyl (C=O) groups excluding carboxylic acids is 3. The summed E-state index contributed by atoms with van der Waals surface area (Å²) in [5, 5.41) is 6.03. The van der Waals surface area contributed by atoms with E-state index in [1.54, 1.807) is 6.92 Å². The van der Waals surface area contributed by atoms with Gasteiger partial charge < -0.3 is 15.5 Å². The third kappa shape index (κ3) is 3.83. The molecule has 2 heterocycles. The van der Waals surface area contributed by atoms with Crippen LogP contribution in [-0.4, -0.2) is 65.9 Å².